The van der Waals surface area contributed by atoms with E-state index in [1.54, 1.807) is 29.4 Å². The molecule has 1 aromatic heterocycles. The lowest BCUT2D eigenvalue weighted by Crippen LogP contribution is -2.38. The summed E-state index contributed by atoms with van der Waals surface area (Å²) in [5, 5.41) is 3.18. The summed E-state index contributed by atoms with van der Waals surface area (Å²) < 4.78 is 24.3. The molecule has 0 aliphatic carbocycles. The van der Waals surface area contributed by atoms with E-state index in [0.29, 0.717) is 13.1 Å². The average molecular weight is 396 g/mol. The van der Waals surface area contributed by atoms with E-state index in [1.165, 1.54) is 13.2 Å². The lowest BCUT2D eigenvalue weighted by atomic mass is 10.1. The van der Waals surface area contributed by atoms with Crippen molar-refractivity contribution in [1.29, 1.82) is 0 Å². The largest absolute Gasteiger partial charge is 0.494 e. The number of ether oxygens (including phenoxy) is 1. The lowest BCUT2D eigenvalue weighted by molar-refractivity contribution is -0.131. The van der Waals surface area contributed by atoms with Gasteiger partial charge >= 0.3 is 0 Å². The van der Waals surface area contributed by atoms with Crippen LogP contribution in [-0.4, -0.2) is 24.5 Å². The fourth-order valence-corrected chi connectivity index (χ4v) is 3.05. The third-order valence-corrected chi connectivity index (χ3v) is 4.73. The molecule has 0 aliphatic heterocycles. The molecule has 3 aromatic rings. The number of methoxy groups -OCH3 is 1. The number of halogens is 1. The lowest BCUT2D eigenvalue weighted by Gasteiger charge is -2.23. The molecule has 6 heteroatoms. The minimum absolute atomic E-state index is 0.0638. The molecule has 0 aliphatic rings. The number of rotatable bonds is 9. The normalized spacial score (nSPS) is 11.8. The first-order chi connectivity index (χ1) is 14.1. The van der Waals surface area contributed by atoms with Crippen molar-refractivity contribution in [2.75, 3.05) is 13.7 Å². The van der Waals surface area contributed by atoms with E-state index in [2.05, 4.69) is 5.32 Å². The van der Waals surface area contributed by atoms with Gasteiger partial charge in [0.25, 0.3) is 0 Å². The Morgan fingerprint density at radius 2 is 1.93 bits per heavy atom. The molecule has 1 amide bonds. The molecule has 1 atom stereocenters. The second-order valence-corrected chi connectivity index (χ2v) is 6.81. The molecule has 0 fully saturated rings. The zero-order valence-electron chi connectivity index (χ0n) is 16.6. The van der Waals surface area contributed by atoms with E-state index in [9.17, 15) is 9.18 Å². The van der Waals surface area contributed by atoms with Crippen LogP contribution < -0.4 is 10.1 Å². The summed E-state index contributed by atoms with van der Waals surface area (Å²) in [5.41, 5.74) is 1.79. The third kappa shape index (κ3) is 5.68. The molecule has 0 saturated heterocycles. The highest BCUT2D eigenvalue weighted by molar-refractivity contribution is 5.78. The molecule has 0 unspecified atom stereocenters. The summed E-state index contributed by atoms with van der Waals surface area (Å²) in [5.74, 6) is 0.434. The van der Waals surface area contributed by atoms with Crippen LogP contribution in [0.4, 0.5) is 4.39 Å². The van der Waals surface area contributed by atoms with E-state index in [-0.39, 0.29) is 24.2 Å². The van der Waals surface area contributed by atoms with Gasteiger partial charge in [0.05, 0.1) is 26.5 Å². The van der Waals surface area contributed by atoms with Crippen LogP contribution >= 0.6 is 0 Å². The highest BCUT2D eigenvalue weighted by Gasteiger charge is 2.17. The summed E-state index contributed by atoms with van der Waals surface area (Å²) in [7, 11) is 1.43. The SMILES string of the molecule is COc1ccc([C@H](C)NCC(=O)N(Cc2ccccc2)Cc2ccco2)cc1F. The third-order valence-electron chi connectivity index (χ3n) is 4.73. The van der Waals surface area contributed by atoms with Gasteiger partial charge in [-0.3, -0.25) is 4.79 Å². The number of hydrogen-bond acceptors (Lipinski definition) is 4. The number of carbonyl (C=O) groups is 1. The maximum Gasteiger partial charge on any atom is 0.237 e. The predicted molar refractivity (Wildman–Crippen MR) is 109 cm³/mol. The number of nitrogens with zero attached hydrogens (tertiary/aromatic N) is 1. The van der Waals surface area contributed by atoms with E-state index in [4.69, 9.17) is 9.15 Å². The Kier molecular flexibility index (Phi) is 7.03. The predicted octanol–water partition coefficient (Wildman–Crippen LogP) is 4.31. The molecule has 0 bridgehead atoms. The zero-order chi connectivity index (χ0) is 20.6. The monoisotopic (exact) mass is 396 g/mol. The van der Waals surface area contributed by atoms with Gasteiger partial charge in [-0.25, -0.2) is 4.39 Å². The molecule has 1 heterocycles. The highest BCUT2D eigenvalue weighted by Crippen LogP contribution is 2.21. The van der Waals surface area contributed by atoms with Crippen molar-refractivity contribution in [2.24, 2.45) is 0 Å². The molecule has 5 nitrogen and oxygen atoms in total. The van der Waals surface area contributed by atoms with Gasteiger partial charge in [-0.2, -0.15) is 0 Å². The minimum Gasteiger partial charge on any atom is -0.494 e. The molecule has 3 rings (SSSR count). The Morgan fingerprint density at radius 3 is 2.59 bits per heavy atom. The van der Waals surface area contributed by atoms with Crippen LogP contribution in [0.2, 0.25) is 0 Å². The fraction of sp³-hybridized carbons (Fsp3) is 0.261. The van der Waals surface area contributed by atoms with Gasteiger partial charge in [-0.05, 0) is 42.3 Å². The van der Waals surface area contributed by atoms with Crippen molar-refractivity contribution in [3.8, 4) is 5.75 Å². The second kappa shape index (κ2) is 9.89. The Labute approximate surface area is 170 Å². The molecule has 29 heavy (non-hydrogen) atoms. The zero-order valence-corrected chi connectivity index (χ0v) is 16.6. The second-order valence-electron chi connectivity index (χ2n) is 6.81. The maximum atomic E-state index is 14.0. The highest BCUT2D eigenvalue weighted by atomic mass is 19.1. The fourth-order valence-electron chi connectivity index (χ4n) is 3.05. The van der Waals surface area contributed by atoms with Crippen molar-refractivity contribution in [3.05, 3.63) is 89.6 Å². The van der Waals surface area contributed by atoms with Crippen LogP contribution in [0.5, 0.6) is 5.75 Å². The molecule has 2 aromatic carbocycles. The van der Waals surface area contributed by atoms with Crippen molar-refractivity contribution in [2.45, 2.75) is 26.1 Å². The first-order valence-electron chi connectivity index (χ1n) is 9.47. The van der Waals surface area contributed by atoms with Crippen LogP contribution in [0, 0.1) is 5.82 Å². The summed E-state index contributed by atoms with van der Waals surface area (Å²) >= 11 is 0. The van der Waals surface area contributed by atoms with E-state index >= 15 is 0 Å². The summed E-state index contributed by atoms with van der Waals surface area (Å²) in [6.07, 6.45) is 1.60. The standard InChI is InChI=1S/C23H25FN2O3/c1-17(19-10-11-22(28-2)21(24)13-19)25-14-23(27)26(16-20-9-6-12-29-20)15-18-7-4-3-5-8-18/h3-13,17,25H,14-16H2,1-2H3/t17-/m0/s1. The van der Waals surface area contributed by atoms with Gasteiger partial charge in [0.1, 0.15) is 5.76 Å². The van der Waals surface area contributed by atoms with Crippen LogP contribution in [0.25, 0.3) is 0 Å². The van der Waals surface area contributed by atoms with Crippen LogP contribution in [0.15, 0.2) is 71.3 Å². The van der Waals surface area contributed by atoms with E-state index in [1.807, 2.05) is 43.3 Å². The summed E-state index contributed by atoms with van der Waals surface area (Å²) in [6.45, 7) is 2.88. The van der Waals surface area contributed by atoms with Gasteiger partial charge < -0.3 is 19.4 Å². The van der Waals surface area contributed by atoms with Crippen LogP contribution in [-0.2, 0) is 17.9 Å². The first kappa shape index (κ1) is 20.6. The molecular weight excluding hydrogens is 371 g/mol. The van der Waals surface area contributed by atoms with Crippen LogP contribution in [0.3, 0.4) is 0 Å². The number of carbonyl (C=O) groups excluding carboxylic acids is 1. The van der Waals surface area contributed by atoms with Gasteiger partial charge in [-0.1, -0.05) is 36.4 Å². The number of nitrogens with one attached hydrogen (secondary N) is 1. The molecule has 152 valence electrons. The minimum atomic E-state index is -0.423. The molecular formula is C23H25FN2O3. The Hall–Kier alpha value is -3.12. The Bertz CT molecular complexity index is 913. The van der Waals surface area contributed by atoms with E-state index in [0.717, 1.165) is 16.9 Å². The van der Waals surface area contributed by atoms with Crippen molar-refractivity contribution >= 4 is 5.91 Å². The summed E-state index contributed by atoms with van der Waals surface area (Å²) in [4.78, 5) is 14.6. The van der Waals surface area contributed by atoms with Gasteiger partial charge in [0, 0.05) is 12.6 Å². The Morgan fingerprint density at radius 1 is 1.14 bits per heavy atom. The molecule has 0 spiro atoms. The van der Waals surface area contributed by atoms with Crippen molar-refractivity contribution in [1.82, 2.24) is 10.2 Å². The summed E-state index contributed by atoms with van der Waals surface area (Å²) in [6, 6.07) is 18.1. The number of amides is 1. The average Bonchev–Trinajstić information content (AvgIpc) is 3.25. The smallest absolute Gasteiger partial charge is 0.237 e. The van der Waals surface area contributed by atoms with Crippen LogP contribution in [0.1, 0.15) is 29.9 Å². The molecule has 1 N–H and O–H groups in total. The maximum absolute atomic E-state index is 14.0. The Balaban J connectivity index is 1.64. The quantitative estimate of drug-likeness (QED) is 0.586. The molecule has 0 radical (unpaired) electrons. The molecule has 0 saturated carbocycles. The van der Waals surface area contributed by atoms with E-state index < -0.39 is 5.82 Å². The van der Waals surface area contributed by atoms with Gasteiger partial charge in [0.15, 0.2) is 11.6 Å². The van der Waals surface area contributed by atoms with Crippen molar-refractivity contribution in [3.63, 3.8) is 0 Å². The topological polar surface area (TPSA) is 54.7 Å². The number of hydrogen-bond donors (Lipinski definition) is 1. The van der Waals surface area contributed by atoms with Gasteiger partial charge in [0.2, 0.25) is 5.91 Å². The first-order valence-corrected chi connectivity index (χ1v) is 9.47. The number of furan rings is 1. The van der Waals surface area contributed by atoms with Gasteiger partial charge in [-0.15, -0.1) is 0 Å². The number of benzene rings is 2. The van der Waals surface area contributed by atoms with Crippen molar-refractivity contribution < 1.29 is 18.3 Å².